The van der Waals surface area contributed by atoms with Crippen molar-refractivity contribution in [2.24, 2.45) is 0 Å². The van der Waals surface area contributed by atoms with Gasteiger partial charge in [-0.2, -0.15) is 0 Å². The predicted octanol–water partition coefficient (Wildman–Crippen LogP) is 1.48. The van der Waals surface area contributed by atoms with Crippen LogP contribution in [0.3, 0.4) is 0 Å². The molecule has 2 N–H and O–H groups in total. The molecule has 2 amide bonds. The zero-order valence-corrected chi connectivity index (χ0v) is 16.8. The summed E-state index contributed by atoms with van der Waals surface area (Å²) in [4.78, 5) is 35.9. The number of rotatable bonds is 7. The first-order valence-corrected chi connectivity index (χ1v) is 9.04. The van der Waals surface area contributed by atoms with Gasteiger partial charge in [-0.15, -0.1) is 0 Å². The van der Waals surface area contributed by atoms with Crippen LogP contribution in [0.25, 0.3) is 6.08 Å². The van der Waals surface area contributed by atoms with Crippen LogP contribution >= 0.6 is 15.9 Å². The molecule has 0 bridgehead atoms. The highest BCUT2D eigenvalue weighted by Crippen LogP contribution is 2.15. The summed E-state index contributed by atoms with van der Waals surface area (Å²) >= 11 is 3.29. The number of hydrogen-bond donors (Lipinski definition) is 2. The van der Waals surface area contributed by atoms with Crippen molar-refractivity contribution in [3.63, 3.8) is 0 Å². The van der Waals surface area contributed by atoms with E-state index in [1.54, 1.807) is 48.5 Å². The van der Waals surface area contributed by atoms with Gasteiger partial charge >= 0.3 is 0 Å². The highest BCUT2D eigenvalue weighted by Gasteiger charge is 2.17. The Morgan fingerprint density at radius 3 is 2.21 bits per heavy atom. The molecular formula is C20H18BrN2O5-. The average molecular weight is 446 g/mol. The zero-order valence-electron chi connectivity index (χ0n) is 15.2. The Balaban J connectivity index is 2.29. The van der Waals surface area contributed by atoms with Gasteiger partial charge in [0, 0.05) is 10.0 Å². The maximum atomic E-state index is 12.5. The maximum absolute atomic E-state index is 12.5. The topological polar surface area (TPSA) is 108 Å². The standard InChI is InChI=1S/C20H19BrN2O5/c1-12(20(26)27)22-19(25)17(11-13-3-9-16(28-2)10-4-13)23-18(24)14-5-7-15(21)8-6-14/h3-12H,1-2H3,(H,22,25)(H,23,24)(H,26,27)/p-1/b17-11-/t12-/m1/s1. The van der Waals surface area contributed by atoms with Crippen LogP contribution in [0.5, 0.6) is 5.75 Å². The van der Waals surface area contributed by atoms with Crippen molar-refractivity contribution >= 4 is 39.8 Å². The molecule has 0 aliphatic carbocycles. The third-order valence-corrected chi connectivity index (χ3v) is 4.26. The van der Waals surface area contributed by atoms with Crippen molar-refractivity contribution < 1.29 is 24.2 Å². The number of amides is 2. The smallest absolute Gasteiger partial charge is 0.268 e. The lowest BCUT2D eigenvalue weighted by Gasteiger charge is -2.17. The van der Waals surface area contributed by atoms with Crippen molar-refractivity contribution in [3.8, 4) is 5.75 Å². The molecule has 0 fully saturated rings. The van der Waals surface area contributed by atoms with Gasteiger partial charge in [0.15, 0.2) is 0 Å². The summed E-state index contributed by atoms with van der Waals surface area (Å²) in [7, 11) is 1.53. The van der Waals surface area contributed by atoms with Gasteiger partial charge in [0.2, 0.25) is 0 Å². The van der Waals surface area contributed by atoms with Crippen molar-refractivity contribution in [2.45, 2.75) is 13.0 Å². The molecule has 0 saturated heterocycles. The van der Waals surface area contributed by atoms with Crippen LogP contribution in [-0.4, -0.2) is 30.9 Å². The number of carbonyl (C=O) groups excluding carboxylic acids is 3. The van der Waals surface area contributed by atoms with E-state index >= 15 is 0 Å². The van der Waals surface area contributed by atoms with Gasteiger partial charge in [-0.1, -0.05) is 28.1 Å². The molecule has 0 heterocycles. The third kappa shape index (κ3) is 5.95. The molecule has 0 aliphatic rings. The molecule has 0 aliphatic heterocycles. The minimum absolute atomic E-state index is 0.105. The molecule has 0 unspecified atom stereocenters. The van der Waals surface area contributed by atoms with Gasteiger partial charge in [0.25, 0.3) is 11.8 Å². The Hall–Kier alpha value is -3.13. The SMILES string of the molecule is COc1ccc(/C=C(\NC(=O)c2ccc(Br)cc2)C(=O)N[C@H](C)C(=O)[O-])cc1. The highest BCUT2D eigenvalue weighted by atomic mass is 79.9. The number of hydrogen-bond acceptors (Lipinski definition) is 5. The van der Waals surface area contributed by atoms with E-state index in [0.717, 1.165) is 4.47 Å². The van der Waals surface area contributed by atoms with Crippen LogP contribution in [0.15, 0.2) is 58.7 Å². The second-order valence-corrected chi connectivity index (χ2v) is 6.72. The molecule has 2 aromatic carbocycles. The van der Waals surface area contributed by atoms with Gasteiger partial charge < -0.3 is 25.3 Å². The average Bonchev–Trinajstić information content (AvgIpc) is 2.68. The van der Waals surface area contributed by atoms with Crippen LogP contribution in [0.1, 0.15) is 22.8 Å². The molecule has 2 aromatic rings. The van der Waals surface area contributed by atoms with E-state index < -0.39 is 23.8 Å². The summed E-state index contributed by atoms with van der Waals surface area (Å²) in [5, 5.41) is 15.7. The number of aliphatic carboxylic acids is 1. The lowest BCUT2D eigenvalue weighted by atomic mass is 10.1. The summed E-state index contributed by atoms with van der Waals surface area (Å²) in [6.07, 6.45) is 1.44. The number of carboxylic acids is 1. The first-order chi connectivity index (χ1) is 13.3. The molecule has 0 spiro atoms. The molecular weight excluding hydrogens is 428 g/mol. The number of methoxy groups -OCH3 is 1. The minimum atomic E-state index is -1.43. The molecule has 0 aromatic heterocycles. The van der Waals surface area contributed by atoms with Crippen LogP contribution in [0.4, 0.5) is 0 Å². The van der Waals surface area contributed by atoms with Gasteiger partial charge in [-0.25, -0.2) is 0 Å². The van der Waals surface area contributed by atoms with E-state index in [2.05, 4.69) is 26.6 Å². The van der Waals surface area contributed by atoms with Crippen molar-refractivity contribution in [2.75, 3.05) is 7.11 Å². The Bertz CT molecular complexity index is 892. The maximum Gasteiger partial charge on any atom is 0.268 e. The van der Waals surface area contributed by atoms with Crippen LogP contribution in [0.2, 0.25) is 0 Å². The normalized spacial score (nSPS) is 12.0. The van der Waals surface area contributed by atoms with E-state index in [1.807, 2.05) is 0 Å². The molecule has 0 radical (unpaired) electrons. The number of ether oxygens (including phenoxy) is 1. The lowest BCUT2D eigenvalue weighted by molar-refractivity contribution is -0.307. The van der Waals surface area contributed by atoms with E-state index in [-0.39, 0.29) is 5.70 Å². The lowest BCUT2D eigenvalue weighted by Crippen LogP contribution is -2.48. The van der Waals surface area contributed by atoms with E-state index in [4.69, 9.17) is 4.74 Å². The van der Waals surface area contributed by atoms with Crippen molar-refractivity contribution in [1.29, 1.82) is 0 Å². The number of carboxylic acid groups (broad SMARTS) is 1. The second-order valence-electron chi connectivity index (χ2n) is 5.81. The number of halogens is 1. The fourth-order valence-corrected chi connectivity index (χ4v) is 2.42. The van der Waals surface area contributed by atoms with Crippen molar-refractivity contribution in [3.05, 3.63) is 69.8 Å². The van der Waals surface area contributed by atoms with Gasteiger partial charge in [-0.3, -0.25) is 9.59 Å². The largest absolute Gasteiger partial charge is 0.548 e. The number of benzene rings is 2. The molecule has 1 atom stereocenters. The van der Waals surface area contributed by atoms with Gasteiger partial charge in [0.1, 0.15) is 11.4 Å². The number of nitrogens with one attached hydrogen (secondary N) is 2. The molecule has 2 rings (SSSR count). The van der Waals surface area contributed by atoms with Crippen LogP contribution in [0, 0.1) is 0 Å². The first kappa shape index (κ1) is 21.2. The fraction of sp³-hybridized carbons (Fsp3) is 0.150. The second kappa shape index (κ2) is 9.70. The van der Waals surface area contributed by atoms with E-state index in [0.29, 0.717) is 16.9 Å². The van der Waals surface area contributed by atoms with Crippen molar-refractivity contribution in [1.82, 2.24) is 10.6 Å². The quantitative estimate of drug-likeness (QED) is 0.627. The highest BCUT2D eigenvalue weighted by molar-refractivity contribution is 9.10. The van der Waals surface area contributed by atoms with Crippen LogP contribution < -0.4 is 20.5 Å². The van der Waals surface area contributed by atoms with Gasteiger partial charge in [-0.05, 0) is 55.0 Å². The molecule has 0 saturated carbocycles. The number of carbonyl (C=O) groups is 3. The van der Waals surface area contributed by atoms with E-state index in [1.165, 1.54) is 20.1 Å². The predicted molar refractivity (Wildman–Crippen MR) is 105 cm³/mol. The van der Waals surface area contributed by atoms with E-state index in [9.17, 15) is 19.5 Å². The minimum Gasteiger partial charge on any atom is -0.548 e. The fourth-order valence-electron chi connectivity index (χ4n) is 2.15. The molecule has 146 valence electrons. The van der Waals surface area contributed by atoms with Crippen LogP contribution in [-0.2, 0) is 9.59 Å². The third-order valence-electron chi connectivity index (χ3n) is 3.73. The molecule has 28 heavy (non-hydrogen) atoms. The summed E-state index contributed by atoms with van der Waals surface area (Å²) in [5.41, 5.74) is 0.846. The summed E-state index contributed by atoms with van der Waals surface area (Å²) in [6, 6.07) is 12.1. The van der Waals surface area contributed by atoms with Gasteiger partial charge in [0.05, 0.1) is 19.1 Å². The summed E-state index contributed by atoms with van der Waals surface area (Å²) in [6.45, 7) is 1.27. The molecule has 7 nitrogen and oxygen atoms in total. The summed E-state index contributed by atoms with van der Waals surface area (Å²) in [5.74, 6) is -2.06. The molecule has 8 heteroatoms. The Labute approximate surface area is 170 Å². The zero-order chi connectivity index (χ0) is 20.7. The summed E-state index contributed by atoms with van der Waals surface area (Å²) < 4.78 is 5.89. The Morgan fingerprint density at radius 1 is 1.07 bits per heavy atom. The first-order valence-electron chi connectivity index (χ1n) is 8.24. The monoisotopic (exact) mass is 445 g/mol. The Morgan fingerprint density at radius 2 is 1.68 bits per heavy atom. The Kier molecular flexibility index (Phi) is 7.34.